The van der Waals surface area contributed by atoms with E-state index >= 15 is 0 Å². The summed E-state index contributed by atoms with van der Waals surface area (Å²) in [5.41, 5.74) is 2.44. The molecule has 0 aliphatic rings. The molecule has 0 amide bonds. The van der Waals surface area contributed by atoms with Crippen LogP contribution in [0, 0.1) is 6.92 Å². The summed E-state index contributed by atoms with van der Waals surface area (Å²) in [6.45, 7) is 4.58. The van der Waals surface area contributed by atoms with Gasteiger partial charge in [-0.1, -0.05) is 12.1 Å². The van der Waals surface area contributed by atoms with Crippen molar-refractivity contribution in [2.45, 2.75) is 20.4 Å². The predicted molar refractivity (Wildman–Crippen MR) is 85.3 cm³/mol. The zero-order valence-corrected chi connectivity index (χ0v) is 13.1. The number of esters is 1. The van der Waals surface area contributed by atoms with Gasteiger partial charge in [-0.15, -0.1) is 0 Å². The van der Waals surface area contributed by atoms with Crippen LogP contribution < -0.4 is 10.1 Å². The smallest absolute Gasteiger partial charge is 0.341 e. The number of rotatable bonds is 6. The predicted octanol–water partition coefficient (Wildman–Crippen LogP) is 3.19. The van der Waals surface area contributed by atoms with E-state index in [1.54, 1.807) is 26.3 Å². The van der Waals surface area contributed by atoms with Crippen molar-refractivity contribution in [2.75, 3.05) is 19.0 Å². The van der Waals surface area contributed by atoms with Gasteiger partial charge in [-0.2, -0.15) is 0 Å². The molecule has 0 fully saturated rings. The normalized spacial score (nSPS) is 10.1. The Morgan fingerprint density at radius 1 is 1.27 bits per heavy atom. The molecule has 0 bridgehead atoms. The van der Waals surface area contributed by atoms with Gasteiger partial charge in [0.2, 0.25) is 0 Å². The number of hydrogen-bond acceptors (Lipinski definition) is 5. The molecule has 1 aromatic heterocycles. The summed E-state index contributed by atoms with van der Waals surface area (Å²) in [4.78, 5) is 16.3. The maximum absolute atomic E-state index is 12.0. The molecule has 1 N–H and O–H groups in total. The van der Waals surface area contributed by atoms with Gasteiger partial charge in [-0.3, -0.25) is 0 Å². The van der Waals surface area contributed by atoms with Crippen LogP contribution in [0.5, 0.6) is 5.75 Å². The molecule has 2 aromatic rings. The molecule has 0 aliphatic heterocycles. The first-order chi connectivity index (χ1) is 10.6. The number of aromatic nitrogens is 1. The monoisotopic (exact) mass is 300 g/mol. The lowest BCUT2D eigenvalue weighted by Gasteiger charge is -2.11. The second kappa shape index (κ2) is 7.45. The highest BCUT2D eigenvalue weighted by atomic mass is 16.5. The van der Waals surface area contributed by atoms with E-state index < -0.39 is 0 Å². The molecule has 5 heteroatoms. The van der Waals surface area contributed by atoms with Crippen LogP contribution >= 0.6 is 0 Å². The van der Waals surface area contributed by atoms with Crippen LogP contribution in [0.15, 0.2) is 36.5 Å². The van der Waals surface area contributed by atoms with E-state index in [1.165, 1.54) is 0 Å². The average Bonchev–Trinajstić information content (AvgIpc) is 2.54. The molecular formula is C17H20N2O3. The molecule has 1 aromatic carbocycles. The lowest BCUT2D eigenvalue weighted by atomic mass is 10.2. The zero-order chi connectivity index (χ0) is 15.9. The summed E-state index contributed by atoms with van der Waals surface area (Å²) in [6.07, 6.45) is 1.72. The molecule has 1 heterocycles. The topological polar surface area (TPSA) is 60.5 Å². The molecule has 0 spiro atoms. The number of ether oxygens (including phenoxy) is 2. The maximum Gasteiger partial charge on any atom is 0.341 e. The fourth-order valence-corrected chi connectivity index (χ4v) is 2.00. The van der Waals surface area contributed by atoms with E-state index in [0.29, 0.717) is 24.5 Å². The van der Waals surface area contributed by atoms with Crippen molar-refractivity contribution in [3.63, 3.8) is 0 Å². The highest BCUT2D eigenvalue weighted by Crippen LogP contribution is 2.17. The van der Waals surface area contributed by atoms with Gasteiger partial charge in [0.15, 0.2) is 0 Å². The minimum atomic E-state index is -0.365. The van der Waals surface area contributed by atoms with Crippen molar-refractivity contribution >= 4 is 11.8 Å². The van der Waals surface area contributed by atoms with Gasteiger partial charge < -0.3 is 14.8 Å². The van der Waals surface area contributed by atoms with Crippen LogP contribution in [-0.4, -0.2) is 24.7 Å². The van der Waals surface area contributed by atoms with Gasteiger partial charge in [-0.05, 0) is 43.2 Å². The summed E-state index contributed by atoms with van der Waals surface area (Å²) >= 11 is 0. The average molecular weight is 300 g/mol. The van der Waals surface area contributed by atoms with Gasteiger partial charge in [0, 0.05) is 12.7 Å². The number of methoxy groups -OCH3 is 1. The molecule has 0 radical (unpaired) electrons. The third kappa shape index (κ3) is 3.97. The minimum absolute atomic E-state index is 0.338. The molecule has 5 nitrogen and oxygen atoms in total. The number of benzene rings is 1. The van der Waals surface area contributed by atoms with E-state index in [2.05, 4.69) is 10.3 Å². The highest BCUT2D eigenvalue weighted by Gasteiger charge is 2.14. The Balaban J connectivity index is 2.12. The van der Waals surface area contributed by atoms with Crippen LogP contribution in [0.2, 0.25) is 0 Å². The van der Waals surface area contributed by atoms with Crippen LogP contribution in [0.4, 0.5) is 5.82 Å². The molecule has 22 heavy (non-hydrogen) atoms. The lowest BCUT2D eigenvalue weighted by molar-refractivity contribution is 0.0527. The van der Waals surface area contributed by atoms with Crippen LogP contribution in [-0.2, 0) is 11.3 Å². The molecule has 116 valence electrons. The summed E-state index contributed by atoms with van der Waals surface area (Å²) in [5, 5.41) is 3.18. The fraction of sp³-hybridized carbons (Fsp3) is 0.294. The minimum Gasteiger partial charge on any atom is -0.497 e. The number of hydrogen-bond donors (Lipinski definition) is 1. The summed E-state index contributed by atoms with van der Waals surface area (Å²) in [7, 11) is 1.63. The molecule has 0 saturated heterocycles. The van der Waals surface area contributed by atoms with Crippen molar-refractivity contribution in [3.8, 4) is 5.75 Å². The van der Waals surface area contributed by atoms with E-state index in [-0.39, 0.29) is 5.97 Å². The third-order valence-corrected chi connectivity index (χ3v) is 3.14. The fourth-order valence-electron chi connectivity index (χ4n) is 2.00. The summed E-state index contributed by atoms with van der Waals surface area (Å²) < 4.78 is 10.2. The van der Waals surface area contributed by atoms with Gasteiger partial charge in [0.05, 0.1) is 13.7 Å². The van der Waals surface area contributed by atoms with Gasteiger partial charge in [0.1, 0.15) is 17.1 Å². The van der Waals surface area contributed by atoms with E-state index in [4.69, 9.17) is 9.47 Å². The number of anilines is 1. The highest BCUT2D eigenvalue weighted by molar-refractivity contribution is 5.94. The first-order valence-corrected chi connectivity index (χ1v) is 7.14. The second-order valence-electron chi connectivity index (χ2n) is 4.83. The van der Waals surface area contributed by atoms with Crippen molar-refractivity contribution in [1.29, 1.82) is 0 Å². The number of pyridine rings is 1. The first-order valence-electron chi connectivity index (χ1n) is 7.14. The number of aryl methyl sites for hydroxylation is 1. The zero-order valence-electron chi connectivity index (χ0n) is 13.1. The molecule has 0 unspecified atom stereocenters. The van der Waals surface area contributed by atoms with E-state index in [1.807, 2.05) is 31.2 Å². The van der Waals surface area contributed by atoms with Gasteiger partial charge >= 0.3 is 5.97 Å². The summed E-state index contributed by atoms with van der Waals surface area (Å²) in [5.74, 6) is 0.972. The third-order valence-electron chi connectivity index (χ3n) is 3.14. The lowest BCUT2D eigenvalue weighted by Crippen LogP contribution is -2.11. The van der Waals surface area contributed by atoms with E-state index in [9.17, 15) is 4.79 Å². The van der Waals surface area contributed by atoms with Crippen molar-refractivity contribution in [3.05, 3.63) is 53.2 Å². The largest absolute Gasteiger partial charge is 0.497 e. The van der Waals surface area contributed by atoms with Crippen LogP contribution in [0.3, 0.4) is 0 Å². The number of carbonyl (C=O) groups excluding carboxylic acids is 1. The quantitative estimate of drug-likeness (QED) is 0.830. The number of carbonyl (C=O) groups is 1. The van der Waals surface area contributed by atoms with E-state index in [0.717, 1.165) is 16.9 Å². The molecule has 2 rings (SSSR count). The molecule has 0 atom stereocenters. The number of nitrogens with zero attached hydrogens (tertiary/aromatic N) is 1. The Kier molecular flexibility index (Phi) is 5.36. The van der Waals surface area contributed by atoms with Crippen molar-refractivity contribution in [1.82, 2.24) is 4.98 Å². The Hall–Kier alpha value is -2.56. The second-order valence-corrected chi connectivity index (χ2v) is 4.83. The first kappa shape index (κ1) is 15.8. The molecule has 0 saturated carbocycles. The Morgan fingerprint density at radius 3 is 2.64 bits per heavy atom. The van der Waals surface area contributed by atoms with Gasteiger partial charge in [-0.25, -0.2) is 9.78 Å². The van der Waals surface area contributed by atoms with Gasteiger partial charge in [0.25, 0.3) is 0 Å². The Morgan fingerprint density at radius 2 is 2.00 bits per heavy atom. The SMILES string of the molecule is CCOC(=O)c1cc(C)cnc1NCc1ccc(OC)cc1. The molecule has 0 aliphatic carbocycles. The number of nitrogens with one attached hydrogen (secondary N) is 1. The van der Waals surface area contributed by atoms with Crippen molar-refractivity contribution in [2.24, 2.45) is 0 Å². The van der Waals surface area contributed by atoms with Crippen LogP contribution in [0.1, 0.15) is 28.4 Å². The van der Waals surface area contributed by atoms with Crippen LogP contribution in [0.25, 0.3) is 0 Å². The standard InChI is InChI=1S/C17H20N2O3/c1-4-22-17(20)15-9-12(2)10-18-16(15)19-11-13-5-7-14(21-3)8-6-13/h5-10H,4,11H2,1-3H3,(H,18,19). The van der Waals surface area contributed by atoms with Crippen molar-refractivity contribution < 1.29 is 14.3 Å². The Bertz CT molecular complexity index is 639. The maximum atomic E-state index is 12.0. The summed E-state index contributed by atoms with van der Waals surface area (Å²) in [6, 6.07) is 9.49. The Labute approximate surface area is 130 Å². The molecular weight excluding hydrogens is 280 g/mol.